The Morgan fingerprint density at radius 1 is 1.06 bits per heavy atom. The van der Waals surface area contributed by atoms with Gasteiger partial charge in [-0.2, -0.15) is 5.10 Å². The molecule has 3 amide bonds. The molecule has 0 spiro atoms. The lowest BCUT2D eigenvalue weighted by molar-refractivity contribution is -0.116. The molecule has 0 aliphatic carbocycles. The molecule has 0 saturated carbocycles. The highest BCUT2D eigenvalue weighted by atomic mass is 35.5. The first-order valence-corrected chi connectivity index (χ1v) is 10.9. The van der Waals surface area contributed by atoms with Crippen LogP contribution in [0.2, 0.25) is 10.0 Å². The van der Waals surface area contributed by atoms with Crippen LogP contribution in [0.5, 0.6) is 0 Å². The molecule has 0 fully saturated rings. The molecular weight excluding hydrogens is 437 g/mol. The summed E-state index contributed by atoms with van der Waals surface area (Å²) in [5.41, 5.74) is 0.836. The quantitative estimate of drug-likeness (QED) is 0.630. The van der Waals surface area contributed by atoms with Crippen molar-refractivity contribution in [2.75, 3.05) is 18.4 Å². The molecule has 0 bridgehead atoms. The van der Waals surface area contributed by atoms with Crippen LogP contribution < -0.4 is 10.6 Å². The Bertz CT molecular complexity index is 958. The number of amides is 3. The van der Waals surface area contributed by atoms with Gasteiger partial charge in [-0.1, -0.05) is 44.0 Å². The van der Waals surface area contributed by atoms with E-state index in [1.807, 2.05) is 54.5 Å². The maximum Gasteiger partial charge on any atom is 0.318 e. The number of likely N-dealkylation sites (N-methyl/N-ethyl adjacent to an activating group) is 1. The SMILES string of the molecule is CCN(CC(=O)Nc1cc(C(C)(C)C)nn1-c1ccc(Cl)c(Cl)c1)C(=O)NC(C)(C)C. The van der Waals surface area contributed by atoms with E-state index in [9.17, 15) is 9.59 Å². The first kappa shape index (κ1) is 25.0. The Kier molecular flexibility index (Phi) is 7.66. The van der Waals surface area contributed by atoms with E-state index in [0.29, 0.717) is 28.1 Å². The first-order chi connectivity index (χ1) is 14.2. The zero-order valence-corrected chi connectivity index (χ0v) is 20.6. The first-order valence-electron chi connectivity index (χ1n) is 10.1. The molecule has 170 valence electrons. The number of halogens is 2. The number of benzene rings is 1. The van der Waals surface area contributed by atoms with Crippen LogP contribution >= 0.6 is 23.2 Å². The molecule has 0 atom stereocenters. The van der Waals surface area contributed by atoms with Gasteiger partial charge >= 0.3 is 6.03 Å². The lowest BCUT2D eigenvalue weighted by Gasteiger charge is -2.27. The van der Waals surface area contributed by atoms with Crippen LogP contribution in [-0.4, -0.2) is 45.2 Å². The Hall–Kier alpha value is -2.25. The van der Waals surface area contributed by atoms with Crippen molar-refractivity contribution >= 4 is 41.0 Å². The number of rotatable bonds is 5. The van der Waals surface area contributed by atoms with Crippen LogP contribution in [0.25, 0.3) is 5.69 Å². The van der Waals surface area contributed by atoms with Crippen molar-refractivity contribution in [3.63, 3.8) is 0 Å². The smallest absolute Gasteiger partial charge is 0.318 e. The molecule has 0 saturated heterocycles. The molecule has 0 aliphatic heterocycles. The van der Waals surface area contributed by atoms with Crippen molar-refractivity contribution in [2.45, 2.75) is 59.4 Å². The minimum Gasteiger partial charge on any atom is -0.333 e. The molecule has 31 heavy (non-hydrogen) atoms. The third kappa shape index (κ3) is 6.87. The number of nitrogens with one attached hydrogen (secondary N) is 2. The van der Waals surface area contributed by atoms with Crippen molar-refractivity contribution in [3.05, 3.63) is 40.0 Å². The number of urea groups is 1. The maximum absolute atomic E-state index is 12.8. The standard InChI is InChI=1S/C22H31Cl2N5O2/c1-8-28(20(31)26-22(5,6)7)13-19(30)25-18-12-17(21(2,3)4)27-29(18)14-9-10-15(23)16(24)11-14/h9-12H,8,13H2,1-7H3,(H,25,30)(H,26,31). The van der Waals surface area contributed by atoms with E-state index < -0.39 is 5.54 Å². The molecule has 2 rings (SSSR count). The Morgan fingerprint density at radius 3 is 2.23 bits per heavy atom. The van der Waals surface area contributed by atoms with Gasteiger partial charge in [-0.25, -0.2) is 9.48 Å². The number of nitrogens with zero attached hydrogens (tertiary/aromatic N) is 3. The summed E-state index contributed by atoms with van der Waals surface area (Å²) in [6, 6.07) is 6.68. The van der Waals surface area contributed by atoms with Gasteiger partial charge in [0.25, 0.3) is 0 Å². The summed E-state index contributed by atoms with van der Waals surface area (Å²) in [6.45, 7) is 13.9. The summed E-state index contributed by atoms with van der Waals surface area (Å²) in [5, 5.41) is 11.2. The number of anilines is 1. The zero-order chi connectivity index (χ0) is 23.6. The summed E-state index contributed by atoms with van der Waals surface area (Å²) in [5.74, 6) is 0.160. The van der Waals surface area contributed by atoms with Gasteiger partial charge in [0, 0.05) is 23.6 Å². The van der Waals surface area contributed by atoms with Gasteiger partial charge in [0.05, 0.1) is 21.4 Å². The average molecular weight is 468 g/mol. The van der Waals surface area contributed by atoms with Crippen LogP contribution in [-0.2, 0) is 10.2 Å². The van der Waals surface area contributed by atoms with E-state index in [4.69, 9.17) is 23.2 Å². The second kappa shape index (κ2) is 9.49. The fourth-order valence-corrected chi connectivity index (χ4v) is 3.03. The van der Waals surface area contributed by atoms with Gasteiger partial charge < -0.3 is 15.5 Å². The normalized spacial score (nSPS) is 11.9. The molecular formula is C22H31Cl2N5O2. The largest absolute Gasteiger partial charge is 0.333 e. The fourth-order valence-electron chi connectivity index (χ4n) is 2.73. The van der Waals surface area contributed by atoms with Crippen LogP contribution in [0.1, 0.15) is 54.2 Å². The van der Waals surface area contributed by atoms with Gasteiger partial charge in [-0.3, -0.25) is 4.79 Å². The number of aromatic nitrogens is 2. The summed E-state index contributed by atoms with van der Waals surface area (Å²) < 4.78 is 1.62. The van der Waals surface area contributed by atoms with E-state index >= 15 is 0 Å². The van der Waals surface area contributed by atoms with Crippen LogP contribution in [0, 0.1) is 0 Å². The van der Waals surface area contributed by atoms with E-state index in [-0.39, 0.29) is 23.9 Å². The Balaban J connectivity index is 2.30. The topological polar surface area (TPSA) is 79.3 Å². The predicted octanol–water partition coefficient (Wildman–Crippen LogP) is 5.25. The average Bonchev–Trinajstić information content (AvgIpc) is 3.04. The second-order valence-corrected chi connectivity index (χ2v) is 10.2. The summed E-state index contributed by atoms with van der Waals surface area (Å²) in [6.07, 6.45) is 0. The molecule has 1 heterocycles. The number of hydrogen-bond donors (Lipinski definition) is 2. The van der Waals surface area contributed by atoms with Gasteiger partial charge in [-0.05, 0) is 45.9 Å². The monoisotopic (exact) mass is 467 g/mol. The molecule has 0 unspecified atom stereocenters. The van der Waals surface area contributed by atoms with E-state index in [1.165, 1.54) is 4.90 Å². The molecule has 9 heteroatoms. The highest BCUT2D eigenvalue weighted by Crippen LogP contribution is 2.29. The number of carbonyl (C=O) groups excluding carboxylic acids is 2. The molecule has 7 nitrogen and oxygen atoms in total. The third-order valence-corrected chi connectivity index (χ3v) is 5.12. The number of hydrogen-bond acceptors (Lipinski definition) is 3. The molecule has 1 aromatic heterocycles. The van der Waals surface area contributed by atoms with E-state index in [0.717, 1.165) is 5.69 Å². The zero-order valence-electron chi connectivity index (χ0n) is 19.1. The molecule has 2 aromatic rings. The van der Waals surface area contributed by atoms with Crippen molar-refractivity contribution in [1.29, 1.82) is 0 Å². The van der Waals surface area contributed by atoms with E-state index in [1.54, 1.807) is 22.9 Å². The second-order valence-electron chi connectivity index (χ2n) is 9.42. The molecule has 0 aliphatic rings. The van der Waals surface area contributed by atoms with Gasteiger partial charge in [0.1, 0.15) is 12.4 Å². The van der Waals surface area contributed by atoms with E-state index in [2.05, 4.69) is 15.7 Å². The summed E-state index contributed by atoms with van der Waals surface area (Å²) in [4.78, 5) is 26.7. The number of carbonyl (C=O) groups is 2. The molecule has 2 N–H and O–H groups in total. The van der Waals surface area contributed by atoms with Crippen molar-refractivity contribution in [1.82, 2.24) is 20.0 Å². The van der Waals surface area contributed by atoms with Crippen LogP contribution in [0.4, 0.5) is 10.6 Å². The third-order valence-electron chi connectivity index (χ3n) is 4.38. The Morgan fingerprint density at radius 2 is 1.71 bits per heavy atom. The lowest BCUT2D eigenvalue weighted by atomic mass is 9.92. The van der Waals surface area contributed by atoms with Gasteiger partial charge in [-0.15, -0.1) is 0 Å². The highest BCUT2D eigenvalue weighted by Gasteiger charge is 2.24. The summed E-state index contributed by atoms with van der Waals surface area (Å²) in [7, 11) is 0. The predicted molar refractivity (Wildman–Crippen MR) is 126 cm³/mol. The summed E-state index contributed by atoms with van der Waals surface area (Å²) >= 11 is 12.2. The highest BCUT2D eigenvalue weighted by molar-refractivity contribution is 6.42. The molecule has 0 radical (unpaired) electrons. The lowest BCUT2D eigenvalue weighted by Crippen LogP contribution is -2.50. The van der Waals surface area contributed by atoms with Crippen molar-refractivity contribution in [2.24, 2.45) is 0 Å². The minimum absolute atomic E-state index is 0.0875. The van der Waals surface area contributed by atoms with Crippen molar-refractivity contribution in [3.8, 4) is 5.69 Å². The Labute approximate surface area is 194 Å². The van der Waals surface area contributed by atoms with Crippen LogP contribution in [0.15, 0.2) is 24.3 Å². The molecule has 1 aromatic carbocycles. The maximum atomic E-state index is 12.8. The van der Waals surface area contributed by atoms with Crippen LogP contribution in [0.3, 0.4) is 0 Å². The van der Waals surface area contributed by atoms with Crippen molar-refractivity contribution < 1.29 is 9.59 Å². The van der Waals surface area contributed by atoms with Gasteiger partial charge in [0.15, 0.2) is 0 Å². The fraction of sp³-hybridized carbons (Fsp3) is 0.500. The minimum atomic E-state index is -0.394. The van der Waals surface area contributed by atoms with Gasteiger partial charge in [0.2, 0.25) is 5.91 Å².